The van der Waals surface area contributed by atoms with Crippen LogP contribution in [0.15, 0.2) is 86.7 Å². The van der Waals surface area contributed by atoms with Gasteiger partial charge >= 0.3 is 5.97 Å². The Morgan fingerprint density at radius 3 is 2.57 bits per heavy atom. The number of thiazole rings is 1. The molecule has 8 nitrogen and oxygen atoms in total. The summed E-state index contributed by atoms with van der Waals surface area (Å²) in [6.07, 6.45) is 3.21. The summed E-state index contributed by atoms with van der Waals surface area (Å²) in [6, 6.07) is 17.4. The lowest BCUT2D eigenvalue weighted by molar-refractivity contribution is -0.138. The molecule has 0 bridgehead atoms. The van der Waals surface area contributed by atoms with Crippen LogP contribution in [0.4, 0.5) is 0 Å². The second kappa shape index (κ2) is 10.3. The Labute approximate surface area is 216 Å². The fourth-order valence-corrected chi connectivity index (χ4v) is 5.35. The summed E-state index contributed by atoms with van der Waals surface area (Å²) >= 11 is 1.22. The third-order valence-corrected chi connectivity index (χ3v) is 6.90. The molecule has 1 atom stereocenters. The Morgan fingerprint density at radius 1 is 1.08 bits per heavy atom. The molecule has 3 heterocycles. The molecular weight excluding hydrogens is 492 g/mol. The van der Waals surface area contributed by atoms with Gasteiger partial charge in [-0.1, -0.05) is 53.8 Å². The molecule has 0 saturated heterocycles. The average Bonchev–Trinajstić information content (AvgIpc) is 3.55. The molecule has 4 aromatic rings. The number of hydrogen-bond donors (Lipinski definition) is 0. The lowest BCUT2D eigenvalue weighted by Gasteiger charge is -2.27. The van der Waals surface area contributed by atoms with Crippen LogP contribution < -0.4 is 24.4 Å². The molecule has 0 N–H and O–H groups in total. The molecule has 0 amide bonds. The molecule has 0 spiro atoms. The Kier molecular flexibility index (Phi) is 6.78. The monoisotopic (exact) mass is 516 g/mol. The molecule has 0 radical (unpaired) electrons. The first-order valence-electron chi connectivity index (χ1n) is 11.6. The van der Waals surface area contributed by atoms with Gasteiger partial charge in [-0.2, -0.15) is 0 Å². The summed E-state index contributed by atoms with van der Waals surface area (Å²) < 4.78 is 24.1. The van der Waals surface area contributed by atoms with Crippen LogP contribution in [0.5, 0.6) is 11.5 Å². The van der Waals surface area contributed by atoms with Crippen molar-refractivity contribution in [3.8, 4) is 11.5 Å². The van der Waals surface area contributed by atoms with Crippen molar-refractivity contribution >= 4 is 29.1 Å². The van der Waals surface area contributed by atoms with E-state index in [-0.39, 0.29) is 17.7 Å². The molecule has 2 aromatic heterocycles. The van der Waals surface area contributed by atoms with Crippen molar-refractivity contribution in [3.05, 3.63) is 109 Å². The summed E-state index contributed by atoms with van der Waals surface area (Å²) in [7, 11) is 3.06. The smallest absolute Gasteiger partial charge is 0.338 e. The van der Waals surface area contributed by atoms with Crippen LogP contribution in [-0.4, -0.2) is 31.4 Å². The van der Waals surface area contributed by atoms with Crippen LogP contribution in [0.2, 0.25) is 0 Å². The van der Waals surface area contributed by atoms with Gasteiger partial charge < -0.3 is 18.6 Å². The van der Waals surface area contributed by atoms with Crippen LogP contribution >= 0.6 is 11.3 Å². The summed E-state index contributed by atoms with van der Waals surface area (Å²) in [6.45, 7) is 1.90. The number of rotatable bonds is 7. The van der Waals surface area contributed by atoms with E-state index >= 15 is 0 Å². The minimum absolute atomic E-state index is 0.162. The number of furan rings is 1. The van der Waals surface area contributed by atoms with Gasteiger partial charge in [0.05, 0.1) is 42.9 Å². The summed E-state index contributed by atoms with van der Waals surface area (Å²) in [5.74, 6) is 0.847. The number of ether oxygens (including phenoxy) is 3. The molecule has 1 aliphatic heterocycles. The number of para-hydroxylation sites is 1. The number of nitrogens with zero attached hydrogens (tertiary/aromatic N) is 2. The van der Waals surface area contributed by atoms with E-state index in [2.05, 4.69) is 0 Å². The number of benzene rings is 2. The highest BCUT2D eigenvalue weighted by atomic mass is 32.1. The third kappa shape index (κ3) is 4.38. The molecule has 0 fully saturated rings. The van der Waals surface area contributed by atoms with E-state index in [1.165, 1.54) is 30.1 Å². The molecule has 1 aliphatic rings. The zero-order chi connectivity index (χ0) is 25.9. The van der Waals surface area contributed by atoms with Crippen LogP contribution in [0.3, 0.4) is 0 Å². The first kappa shape index (κ1) is 24.3. The van der Waals surface area contributed by atoms with E-state index in [0.717, 1.165) is 5.56 Å². The van der Waals surface area contributed by atoms with Crippen molar-refractivity contribution in [1.82, 2.24) is 4.57 Å². The van der Waals surface area contributed by atoms with E-state index in [1.807, 2.05) is 36.4 Å². The second-order valence-electron chi connectivity index (χ2n) is 8.03. The number of fused-ring (bicyclic) bond motifs is 1. The predicted molar refractivity (Wildman–Crippen MR) is 139 cm³/mol. The number of carbonyl (C=O) groups is 1. The SMILES string of the molecule is CCOC(=O)C1=C(c2ccccc2)N=c2sc(=Cc3ccco3)c(=O)n2[C@@H]1c1cccc(OC)c1OC. The van der Waals surface area contributed by atoms with Gasteiger partial charge in [0.15, 0.2) is 16.3 Å². The van der Waals surface area contributed by atoms with Crippen molar-refractivity contribution < 1.29 is 23.4 Å². The van der Waals surface area contributed by atoms with Crippen LogP contribution in [-0.2, 0) is 9.53 Å². The molecule has 0 aliphatic carbocycles. The Balaban J connectivity index is 1.89. The number of carbonyl (C=O) groups excluding carboxylic acids is 1. The lowest BCUT2D eigenvalue weighted by atomic mass is 9.92. The van der Waals surface area contributed by atoms with Crippen molar-refractivity contribution in [2.75, 3.05) is 20.8 Å². The summed E-state index contributed by atoms with van der Waals surface area (Å²) in [4.78, 5) is 32.7. The Hall–Kier alpha value is -4.37. The van der Waals surface area contributed by atoms with Crippen LogP contribution in [0, 0.1) is 0 Å². The van der Waals surface area contributed by atoms with E-state index in [0.29, 0.717) is 37.9 Å². The maximum atomic E-state index is 13.8. The minimum Gasteiger partial charge on any atom is -0.493 e. The number of aromatic nitrogens is 1. The highest BCUT2D eigenvalue weighted by molar-refractivity contribution is 7.07. The fraction of sp³-hybridized carbons (Fsp3) is 0.179. The zero-order valence-corrected chi connectivity index (χ0v) is 21.3. The normalized spacial score (nSPS) is 15.2. The van der Waals surface area contributed by atoms with E-state index in [4.69, 9.17) is 23.6 Å². The van der Waals surface area contributed by atoms with Gasteiger partial charge in [-0.05, 0) is 25.1 Å². The van der Waals surface area contributed by atoms with Gasteiger partial charge in [0.25, 0.3) is 5.56 Å². The highest BCUT2D eigenvalue weighted by Gasteiger charge is 2.37. The standard InChI is InChI=1S/C28H24N2O6S/c1-4-35-27(32)22-23(17-10-6-5-7-11-17)29-28-30(26(31)21(37-28)16-18-12-9-15-36-18)24(22)19-13-8-14-20(33-2)25(19)34-3/h5-16,24H,4H2,1-3H3/t24-/m1/s1. The Bertz CT molecular complexity index is 1650. The molecule has 2 aromatic carbocycles. The molecule has 37 heavy (non-hydrogen) atoms. The van der Waals surface area contributed by atoms with Gasteiger partial charge in [0.2, 0.25) is 0 Å². The maximum Gasteiger partial charge on any atom is 0.338 e. The third-order valence-electron chi connectivity index (χ3n) is 5.92. The number of esters is 1. The minimum atomic E-state index is -0.880. The molecule has 188 valence electrons. The first-order chi connectivity index (χ1) is 18.1. The highest BCUT2D eigenvalue weighted by Crippen LogP contribution is 2.42. The fourth-order valence-electron chi connectivity index (χ4n) is 4.36. The first-order valence-corrected chi connectivity index (χ1v) is 12.4. The largest absolute Gasteiger partial charge is 0.493 e. The molecule has 0 saturated carbocycles. The zero-order valence-electron chi connectivity index (χ0n) is 20.5. The second-order valence-corrected chi connectivity index (χ2v) is 9.04. The van der Waals surface area contributed by atoms with Gasteiger partial charge in [-0.25, -0.2) is 9.79 Å². The van der Waals surface area contributed by atoms with Crippen molar-refractivity contribution in [2.45, 2.75) is 13.0 Å². The lowest BCUT2D eigenvalue weighted by Crippen LogP contribution is -2.40. The number of hydrogen-bond acceptors (Lipinski definition) is 8. The van der Waals surface area contributed by atoms with Crippen LogP contribution in [0.25, 0.3) is 11.8 Å². The van der Waals surface area contributed by atoms with Gasteiger partial charge in [-0.15, -0.1) is 0 Å². The van der Waals surface area contributed by atoms with E-state index in [9.17, 15) is 9.59 Å². The molecule has 5 rings (SSSR count). The summed E-state index contributed by atoms with van der Waals surface area (Å²) in [5.41, 5.74) is 1.64. The van der Waals surface area contributed by atoms with Gasteiger partial charge in [0.1, 0.15) is 11.8 Å². The number of methoxy groups -OCH3 is 2. The molecule has 9 heteroatoms. The van der Waals surface area contributed by atoms with E-state index < -0.39 is 12.0 Å². The van der Waals surface area contributed by atoms with Crippen molar-refractivity contribution in [2.24, 2.45) is 4.99 Å². The van der Waals surface area contributed by atoms with Gasteiger partial charge in [-0.3, -0.25) is 9.36 Å². The maximum absolute atomic E-state index is 13.8. The quantitative estimate of drug-likeness (QED) is 0.349. The van der Waals surface area contributed by atoms with Crippen molar-refractivity contribution in [1.29, 1.82) is 0 Å². The van der Waals surface area contributed by atoms with Crippen LogP contribution in [0.1, 0.15) is 29.9 Å². The molecule has 0 unspecified atom stereocenters. The van der Waals surface area contributed by atoms with Crippen molar-refractivity contribution in [3.63, 3.8) is 0 Å². The summed E-state index contributed by atoms with van der Waals surface area (Å²) in [5, 5.41) is 0. The van der Waals surface area contributed by atoms with E-state index in [1.54, 1.807) is 43.5 Å². The Morgan fingerprint density at radius 2 is 1.89 bits per heavy atom. The molecular formula is C28H24N2O6S. The van der Waals surface area contributed by atoms with Gasteiger partial charge in [0, 0.05) is 17.2 Å². The average molecular weight is 517 g/mol. The predicted octanol–water partition coefficient (Wildman–Crippen LogP) is 3.55. The topological polar surface area (TPSA) is 92.3 Å².